The zero-order valence-electron chi connectivity index (χ0n) is 12.6. The second kappa shape index (κ2) is 7.91. The highest BCUT2D eigenvalue weighted by Gasteiger charge is 2.22. The van der Waals surface area contributed by atoms with Gasteiger partial charge in [-0.3, -0.25) is 0 Å². The third kappa shape index (κ3) is 4.14. The molecule has 3 nitrogen and oxygen atoms in total. The molecule has 0 aliphatic carbocycles. The number of rotatable bonds is 8. The van der Waals surface area contributed by atoms with Crippen molar-refractivity contribution in [3.8, 4) is 5.75 Å². The van der Waals surface area contributed by atoms with E-state index in [1.165, 1.54) is 11.1 Å². The summed E-state index contributed by atoms with van der Waals surface area (Å²) in [5.41, 5.74) is 2.55. The van der Waals surface area contributed by atoms with Crippen LogP contribution in [-0.4, -0.2) is 37.9 Å². The fourth-order valence-electron chi connectivity index (χ4n) is 2.25. The number of nitrogens with one attached hydrogen (secondary N) is 1. The van der Waals surface area contributed by atoms with E-state index >= 15 is 0 Å². The Balaban J connectivity index is 2.08. The van der Waals surface area contributed by atoms with Crippen LogP contribution in [0.2, 0.25) is 0 Å². The average Bonchev–Trinajstić information content (AvgIpc) is 2.40. The molecule has 112 valence electrons. The predicted octanol–water partition coefficient (Wildman–Crippen LogP) is 3.18. The molecule has 2 rings (SSSR count). The molecule has 1 heterocycles. The van der Waals surface area contributed by atoms with Gasteiger partial charge in [-0.1, -0.05) is 24.6 Å². The SMILES string of the molecule is CCCNC(CSC1COC1)c1cc(C)ccc1OC. The molecule has 0 aromatic heterocycles. The van der Waals surface area contributed by atoms with E-state index in [2.05, 4.69) is 37.4 Å². The van der Waals surface area contributed by atoms with Crippen molar-refractivity contribution in [2.24, 2.45) is 0 Å². The highest BCUT2D eigenvalue weighted by Crippen LogP contribution is 2.31. The second-order valence-electron chi connectivity index (χ2n) is 5.24. The van der Waals surface area contributed by atoms with E-state index in [9.17, 15) is 0 Å². The molecule has 1 aromatic carbocycles. The van der Waals surface area contributed by atoms with E-state index in [-0.39, 0.29) is 0 Å². The van der Waals surface area contributed by atoms with Gasteiger partial charge in [-0.25, -0.2) is 0 Å². The number of thioether (sulfide) groups is 1. The molecule has 1 saturated heterocycles. The van der Waals surface area contributed by atoms with Crippen LogP contribution in [0.1, 0.15) is 30.5 Å². The van der Waals surface area contributed by atoms with Gasteiger partial charge in [0.25, 0.3) is 0 Å². The first kappa shape index (κ1) is 15.7. The van der Waals surface area contributed by atoms with Gasteiger partial charge in [-0.2, -0.15) is 11.8 Å². The van der Waals surface area contributed by atoms with Crippen molar-refractivity contribution in [3.63, 3.8) is 0 Å². The second-order valence-corrected chi connectivity index (χ2v) is 6.58. The van der Waals surface area contributed by atoms with Crippen LogP contribution in [0.5, 0.6) is 5.75 Å². The van der Waals surface area contributed by atoms with Gasteiger partial charge < -0.3 is 14.8 Å². The molecule has 4 heteroatoms. The molecule has 1 N–H and O–H groups in total. The molecule has 1 atom stereocenters. The smallest absolute Gasteiger partial charge is 0.123 e. The van der Waals surface area contributed by atoms with Crippen LogP contribution < -0.4 is 10.1 Å². The fourth-order valence-corrected chi connectivity index (χ4v) is 3.39. The van der Waals surface area contributed by atoms with Crippen molar-refractivity contribution < 1.29 is 9.47 Å². The van der Waals surface area contributed by atoms with E-state index < -0.39 is 0 Å². The molecule has 0 radical (unpaired) electrons. The summed E-state index contributed by atoms with van der Waals surface area (Å²) in [6.45, 7) is 7.16. The van der Waals surface area contributed by atoms with Crippen molar-refractivity contribution in [3.05, 3.63) is 29.3 Å². The quantitative estimate of drug-likeness (QED) is 0.798. The van der Waals surface area contributed by atoms with Gasteiger partial charge in [0.2, 0.25) is 0 Å². The minimum atomic E-state index is 0.343. The van der Waals surface area contributed by atoms with Crippen molar-refractivity contribution in [1.82, 2.24) is 5.32 Å². The summed E-state index contributed by atoms with van der Waals surface area (Å²) in [6.07, 6.45) is 1.14. The maximum absolute atomic E-state index is 5.53. The molecule has 20 heavy (non-hydrogen) atoms. The lowest BCUT2D eigenvalue weighted by Gasteiger charge is -2.28. The standard InChI is InChI=1S/C16H25NO2S/c1-4-7-17-15(11-20-13-9-19-10-13)14-8-12(2)5-6-16(14)18-3/h5-6,8,13,15,17H,4,7,9-11H2,1-3H3. The predicted molar refractivity (Wildman–Crippen MR) is 85.8 cm³/mol. The number of hydrogen-bond donors (Lipinski definition) is 1. The maximum Gasteiger partial charge on any atom is 0.123 e. The number of ether oxygens (including phenoxy) is 2. The lowest BCUT2D eigenvalue weighted by molar-refractivity contribution is 0.0455. The van der Waals surface area contributed by atoms with Gasteiger partial charge in [0.15, 0.2) is 0 Å². The van der Waals surface area contributed by atoms with Crippen LogP contribution in [0.4, 0.5) is 0 Å². The summed E-state index contributed by atoms with van der Waals surface area (Å²) in [5, 5.41) is 4.31. The normalized spacial score (nSPS) is 16.8. The summed E-state index contributed by atoms with van der Waals surface area (Å²) in [7, 11) is 1.75. The minimum Gasteiger partial charge on any atom is -0.496 e. The fraction of sp³-hybridized carbons (Fsp3) is 0.625. The number of methoxy groups -OCH3 is 1. The Morgan fingerprint density at radius 3 is 2.85 bits per heavy atom. The van der Waals surface area contributed by atoms with Crippen molar-refractivity contribution in [1.29, 1.82) is 0 Å². The van der Waals surface area contributed by atoms with Crippen LogP contribution in [-0.2, 0) is 4.74 Å². The first-order valence-electron chi connectivity index (χ1n) is 7.31. The van der Waals surface area contributed by atoms with Crippen molar-refractivity contribution in [2.75, 3.05) is 32.6 Å². The summed E-state index contributed by atoms with van der Waals surface area (Å²) >= 11 is 2.00. The van der Waals surface area contributed by atoms with Crippen LogP contribution >= 0.6 is 11.8 Å². The third-order valence-corrected chi connectivity index (χ3v) is 4.78. The van der Waals surface area contributed by atoms with E-state index in [4.69, 9.17) is 9.47 Å². The van der Waals surface area contributed by atoms with Gasteiger partial charge in [0.05, 0.1) is 25.6 Å². The summed E-state index contributed by atoms with van der Waals surface area (Å²) in [4.78, 5) is 0. The first-order valence-corrected chi connectivity index (χ1v) is 8.36. The summed E-state index contributed by atoms with van der Waals surface area (Å²) in [5.74, 6) is 2.04. The molecule has 0 bridgehead atoms. The van der Waals surface area contributed by atoms with Crippen LogP contribution in [0.25, 0.3) is 0 Å². The van der Waals surface area contributed by atoms with Crippen molar-refractivity contribution in [2.45, 2.75) is 31.6 Å². The lowest BCUT2D eigenvalue weighted by Crippen LogP contribution is -2.33. The molecule has 0 spiro atoms. The van der Waals surface area contributed by atoms with Crippen LogP contribution in [0, 0.1) is 6.92 Å². The summed E-state index contributed by atoms with van der Waals surface area (Å²) in [6, 6.07) is 6.76. The van der Waals surface area contributed by atoms with Gasteiger partial charge in [-0.05, 0) is 26.0 Å². The zero-order chi connectivity index (χ0) is 14.4. The first-order chi connectivity index (χ1) is 9.74. The lowest BCUT2D eigenvalue weighted by atomic mass is 10.0. The molecule has 1 aromatic rings. The Hall–Kier alpha value is -0.710. The topological polar surface area (TPSA) is 30.5 Å². The van der Waals surface area contributed by atoms with Gasteiger partial charge in [0.1, 0.15) is 5.75 Å². The van der Waals surface area contributed by atoms with E-state index in [0.717, 1.165) is 37.7 Å². The molecule has 1 fully saturated rings. The number of aryl methyl sites for hydroxylation is 1. The molecule has 0 amide bonds. The molecular weight excluding hydrogens is 270 g/mol. The van der Waals surface area contributed by atoms with Crippen LogP contribution in [0.15, 0.2) is 18.2 Å². The van der Waals surface area contributed by atoms with Crippen molar-refractivity contribution >= 4 is 11.8 Å². The molecule has 1 aliphatic heterocycles. The van der Waals surface area contributed by atoms with Gasteiger partial charge >= 0.3 is 0 Å². The van der Waals surface area contributed by atoms with E-state index in [0.29, 0.717) is 11.3 Å². The Morgan fingerprint density at radius 2 is 2.25 bits per heavy atom. The molecule has 1 unspecified atom stereocenters. The monoisotopic (exact) mass is 295 g/mol. The molecule has 1 aliphatic rings. The van der Waals surface area contributed by atoms with E-state index in [1.807, 2.05) is 11.8 Å². The maximum atomic E-state index is 5.53. The summed E-state index contributed by atoms with van der Waals surface area (Å²) < 4.78 is 10.8. The number of benzene rings is 1. The molecule has 0 saturated carbocycles. The Kier molecular flexibility index (Phi) is 6.20. The Morgan fingerprint density at radius 1 is 1.45 bits per heavy atom. The highest BCUT2D eigenvalue weighted by atomic mass is 32.2. The number of hydrogen-bond acceptors (Lipinski definition) is 4. The van der Waals surface area contributed by atoms with E-state index in [1.54, 1.807) is 7.11 Å². The van der Waals surface area contributed by atoms with Gasteiger partial charge in [-0.15, -0.1) is 0 Å². The Bertz CT molecular complexity index is 421. The zero-order valence-corrected chi connectivity index (χ0v) is 13.5. The Labute approximate surface area is 126 Å². The van der Waals surface area contributed by atoms with Crippen LogP contribution in [0.3, 0.4) is 0 Å². The highest BCUT2D eigenvalue weighted by molar-refractivity contribution is 8.00. The molecular formula is C16H25NO2S. The largest absolute Gasteiger partial charge is 0.496 e. The third-order valence-electron chi connectivity index (χ3n) is 3.51. The average molecular weight is 295 g/mol. The van der Waals surface area contributed by atoms with Gasteiger partial charge in [0, 0.05) is 17.4 Å². The minimum absolute atomic E-state index is 0.343.